The van der Waals surface area contributed by atoms with E-state index in [0.29, 0.717) is 30.1 Å². The minimum absolute atomic E-state index is 0.475. The summed E-state index contributed by atoms with van der Waals surface area (Å²) in [5, 5.41) is 6.95. The molecule has 0 spiro atoms. The van der Waals surface area contributed by atoms with Crippen LogP contribution in [0.5, 0.6) is 0 Å². The number of guanidine groups is 1. The molecular weight excluding hydrogens is 362 g/mol. The maximum atomic E-state index is 5.81. The SMILES string of the molecule is CCNC(=NCc1ccc(Cl)nc1)NCc1coc(-c2ccc(C)cc2)n1. The van der Waals surface area contributed by atoms with Crippen LogP contribution in [-0.2, 0) is 13.1 Å². The van der Waals surface area contributed by atoms with Crippen LogP contribution in [0.1, 0.15) is 23.7 Å². The second kappa shape index (κ2) is 9.19. The molecule has 2 aromatic heterocycles. The predicted molar refractivity (Wildman–Crippen MR) is 108 cm³/mol. The van der Waals surface area contributed by atoms with Crippen LogP contribution < -0.4 is 10.6 Å². The summed E-state index contributed by atoms with van der Waals surface area (Å²) in [7, 11) is 0. The fourth-order valence-corrected chi connectivity index (χ4v) is 2.52. The standard InChI is InChI=1S/C20H22ClN5O/c1-3-22-20(24-11-15-6-9-18(21)23-10-15)25-12-17-13-27-19(26-17)16-7-4-14(2)5-8-16/h4-10,13H,3,11-12H2,1-2H3,(H2,22,24,25). The van der Waals surface area contributed by atoms with Crippen molar-refractivity contribution in [2.45, 2.75) is 26.9 Å². The zero-order chi connectivity index (χ0) is 19.1. The lowest BCUT2D eigenvalue weighted by molar-refractivity contribution is 0.572. The van der Waals surface area contributed by atoms with Crippen molar-refractivity contribution in [3.05, 3.63) is 70.8 Å². The van der Waals surface area contributed by atoms with Gasteiger partial charge < -0.3 is 15.1 Å². The fraction of sp³-hybridized carbons (Fsp3) is 0.250. The Morgan fingerprint density at radius 2 is 1.96 bits per heavy atom. The van der Waals surface area contributed by atoms with Crippen molar-refractivity contribution in [2.24, 2.45) is 4.99 Å². The quantitative estimate of drug-likeness (QED) is 0.383. The van der Waals surface area contributed by atoms with E-state index in [4.69, 9.17) is 16.0 Å². The number of hydrogen-bond donors (Lipinski definition) is 2. The van der Waals surface area contributed by atoms with Gasteiger partial charge in [0.15, 0.2) is 5.96 Å². The van der Waals surface area contributed by atoms with Gasteiger partial charge >= 0.3 is 0 Å². The van der Waals surface area contributed by atoms with Crippen molar-refractivity contribution in [3.8, 4) is 11.5 Å². The number of aliphatic imine (C=N–C) groups is 1. The molecule has 0 aliphatic rings. The third-order valence-corrected chi connectivity index (χ3v) is 4.06. The summed E-state index contributed by atoms with van der Waals surface area (Å²) in [6.07, 6.45) is 3.38. The lowest BCUT2D eigenvalue weighted by atomic mass is 10.1. The molecule has 6 nitrogen and oxygen atoms in total. The molecule has 1 aromatic carbocycles. The van der Waals surface area contributed by atoms with E-state index in [2.05, 4.69) is 32.5 Å². The third kappa shape index (κ3) is 5.56. The van der Waals surface area contributed by atoms with Gasteiger partial charge in [0.25, 0.3) is 0 Å². The van der Waals surface area contributed by atoms with Crippen LogP contribution in [0.4, 0.5) is 0 Å². The van der Waals surface area contributed by atoms with E-state index in [0.717, 1.165) is 23.4 Å². The van der Waals surface area contributed by atoms with E-state index < -0.39 is 0 Å². The predicted octanol–water partition coefficient (Wildman–Crippen LogP) is 3.95. The Labute approximate surface area is 163 Å². The summed E-state index contributed by atoms with van der Waals surface area (Å²) in [6.45, 7) is 5.86. The molecule has 7 heteroatoms. The van der Waals surface area contributed by atoms with Crippen molar-refractivity contribution in [2.75, 3.05) is 6.54 Å². The Morgan fingerprint density at radius 3 is 2.67 bits per heavy atom. The number of aryl methyl sites for hydroxylation is 1. The molecule has 3 rings (SSSR count). The molecular formula is C20H22ClN5O. The first-order chi connectivity index (χ1) is 13.1. The molecule has 0 aliphatic carbocycles. The minimum atomic E-state index is 0.475. The molecule has 0 amide bonds. The minimum Gasteiger partial charge on any atom is -0.444 e. The molecule has 0 bridgehead atoms. The number of oxazole rings is 1. The third-order valence-electron chi connectivity index (χ3n) is 3.84. The molecule has 140 valence electrons. The molecule has 27 heavy (non-hydrogen) atoms. The number of nitrogens with one attached hydrogen (secondary N) is 2. The van der Waals surface area contributed by atoms with Crippen LogP contribution in [0.15, 0.2) is 58.3 Å². The number of benzene rings is 1. The van der Waals surface area contributed by atoms with Crippen molar-refractivity contribution in [1.82, 2.24) is 20.6 Å². The number of halogens is 1. The molecule has 3 aromatic rings. The Balaban J connectivity index is 1.61. The van der Waals surface area contributed by atoms with Crippen LogP contribution in [0.3, 0.4) is 0 Å². The first kappa shape index (κ1) is 18.9. The summed E-state index contributed by atoms with van der Waals surface area (Å²) in [4.78, 5) is 13.2. The van der Waals surface area contributed by atoms with Crippen LogP contribution >= 0.6 is 11.6 Å². The Bertz CT molecular complexity index is 887. The smallest absolute Gasteiger partial charge is 0.226 e. The highest BCUT2D eigenvalue weighted by Gasteiger charge is 2.07. The molecule has 0 unspecified atom stereocenters. The average molecular weight is 384 g/mol. The van der Waals surface area contributed by atoms with Gasteiger partial charge in [0.2, 0.25) is 5.89 Å². The second-order valence-corrected chi connectivity index (χ2v) is 6.44. The normalized spacial score (nSPS) is 11.4. The monoisotopic (exact) mass is 383 g/mol. The van der Waals surface area contributed by atoms with Crippen molar-refractivity contribution in [3.63, 3.8) is 0 Å². The van der Waals surface area contributed by atoms with E-state index >= 15 is 0 Å². The number of aromatic nitrogens is 2. The lowest BCUT2D eigenvalue weighted by Gasteiger charge is -2.09. The zero-order valence-corrected chi connectivity index (χ0v) is 16.1. The first-order valence-corrected chi connectivity index (χ1v) is 9.16. The fourth-order valence-electron chi connectivity index (χ4n) is 2.40. The van der Waals surface area contributed by atoms with E-state index in [9.17, 15) is 0 Å². The molecule has 0 radical (unpaired) electrons. The lowest BCUT2D eigenvalue weighted by Crippen LogP contribution is -2.36. The zero-order valence-electron chi connectivity index (χ0n) is 15.4. The number of nitrogens with zero attached hydrogens (tertiary/aromatic N) is 3. The highest BCUT2D eigenvalue weighted by molar-refractivity contribution is 6.29. The molecule has 2 heterocycles. The molecule has 0 aliphatic heterocycles. The largest absolute Gasteiger partial charge is 0.444 e. The van der Waals surface area contributed by atoms with E-state index in [-0.39, 0.29) is 0 Å². The van der Waals surface area contributed by atoms with Gasteiger partial charge in [-0.3, -0.25) is 0 Å². The van der Waals surface area contributed by atoms with Gasteiger partial charge in [-0.2, -0.15) is 0 Å². The van der Waals surface area contributed by atoms with Crippen LogP contribution in [-0.4, -0.2) is 22.5 Å². The van der Waals surface area contributed by atoms with Gasteiger partial charge in [-0.05, 0) is 37.6 Å². The maximum Gasteiger partial charge on any atom is 0.226 e. The Hall–Kier alpha value is -2.86. The number of hydrogen-bond acceptors (Lipinski definition) is 4. The summed E-state index contributed by atoms with van der Waals surface area (Å²) in [5.41, 5.74) is 3.96. The summed E-state index contributed by atoms with van der Waals surface area (Å²) >= 11 is 5.81. The van der Waals surface area contributed by atoms with Gasteiger partial charge in [0.05, 0.1) is 18.8 Å². The van der Waals surface area contributed by atoms with Gasteiger partial charge in [-0.25, -0.2) is 15.0 Å². The highest BCUT2D eigenvalue weighted by Crippen LogP contribution is 2.19. The van der Waals surface area contributed by atoms with Gasteiger partial charge in [-0.15, -0.1) is 0 Å². The number of pyridine rings is 1. The molecule has 0 saturated heterocycles. The van der Waals surface area contributed by atoms with Crippen LogP contribution in [0.2, 0.25) is 5.15 Å². The molecule has 0 atom stereocenters. The van der Waals surface area contributed by atoms with E-state index in [1.165, 1.54) is 5.56 Å². The van der Waals surface area contributed by atoms with Crippen LogP contribution in [0.25, 0.3) is 11.5 Å². The van der Waals surface area contributed by atoms with Crippen LogP contribution in [0, 0.1) is 6.92 Å². The molecule has 2 N–H and O–H groups in total. The maximum absolute atomic E-state index is 5.81. The Kier molecular flexibility index (Phi) is 6.44. The average Bonchev–Trinajstić information content (AvgIpc) is 3.15. The van der Waals surface area contributed by atoms with Gasteiger partial charge in [0, 0.05) is 18.3 Å². The van der Waals surface area contributed by atoms with E-state index in [1.807, 2.05) is 37.3 Å². The second-order valence-electron chi connectivity index (χ2n) is 6.05. The van der Waals surface area contributed by atoms with Crippen molar-refractivity contribution < 1.29 is 4.42 Å². The van der Waals surface area contributed by atoms with E-state index in [1.54, 1.807) is 18.5 Å². The molecule has 0 fully saturated rings. The van der Waals surface area contributed by atoms with Crippen molar-refractivity contribution in [1.29, 1.82) is 0 Å². The van der Waals surface area contributed by atoms with Crippen molar-refractivity contribution >= 4 is 17.6 Å². The first-order valence-electron chi connectivity index (χ1n) is 8.78. The van der Waals surface area contributed by atoms with Gasteiger partial charge in [0.1, 0.15) is 11.4 Å². The number of rotatable bonds is 6. The Morgan fingerprint density at radius 1 is 1.15 bits per heavy atom. The summed E-state index contributed by atoms with van der Waals surface area (Å²) in [6, 6.07) is 11.8. The summed E-state index contributed by atoms with van der Waals surface area (Å²) < 4.78 is 5.59. The summed E-state index contributed by atoms with van der Waals surface area (Å²) in [5.74, 6) is 1.31. The van der Waals surface area contributed by atoms with Gasteiger partial charge in [-0.1, -0.05) is 35.4 Å². The molecule has 0 saturated carbocycles. The topological polar surface area (TPSA) is 75.3 Å². The highest BCUT2D eigenvalue weighted by atomic mass is 35.5.